The summed E-state index contributed by atoms with van der Waals surface area (Å²) in [6.45, 7) is 3.52. The van der Waals surface area contributed by atoms with Gasteiger partial charge in [-0.25, -0.2) is 9.18 Å². The second-order valence-electron chi connectivity index (χ2n) is 3.97. The Bertz CT molecular complexity index is 456. The van der Waals surface area contributed by atoms with Gasteiger partial charge in [0.25, 0.3) is 0 Å². The zero-order chi connectivity index (χ0) is 14.3. The number of ether oxygens (including phenoxy) is 1. The van der Waals surface area contributed by atoms with Gasteiger partial charge in [0.2, 0.25) is 5.91 Å². The van der Waals surface area contributed by atoms with Crippen molar-refractivity contribution in [1.29, 1.82) is 0 Å². The summed E-state index contributed by atoms with van der Waals surface area (Å²) in [5.74, 6) is -1.21. The van der Waals surface area contributed by atoms with Crippen LogP contribution in [0.25, 0.3) is 0 Å². The van der Waals surface area contributed by atoms with Gasteiger partial charge in [-0.1, -0.05) is 18.2 Å². The molecule has 1 N–H and O–H groups in total. The maximum Gasteiger partial charge on any atom is 0.328 e. The molecule has 102 valence electrons. The topological polar surface area (TPSA) is 55.4 Å². The molecule has 1 amide bonds. The molecule has 1 atom stereocenters. The van der Waals surface area contributed by atoms with E-state index in [-0.39, 0.29) is 18.1 Å². The molecule has 0 bridgehead atoms. The van der Waals surface area contributed by atoms with Gasteiger partial charge in [0.15, 0.2) is 0 Å². The fourth-order valence-electron chi connectivity index (χ4n) is 1.56. The molecule has 5 heteroatoms. The van der Waals surface area contributed by atoms with Crippen LogP contribution >= 0.6 is 0 Å². The third-order valence-electron chi connectivity index (χ3n) is 2.50. The molecule has 1 aromatic rings. The number of carbonyl (C=O) groups is 2. The van der Waals surface area contributed by atoms with Gasteiger partial charge in [-0.3, -0.25) is 4.79 Å². The first-order valence-corrected chi connectivity index (χ1v) is 5.79. The number of nitrogens with one attached hydrogen (secondary N) is 1. The van der Waals surface area contributed by atoms with Crippen molar-refractivity contribution in [3.63, 3.8) is 0 Å². The van der Waals surface area contributed by atoms with E-state index in [1.165, 1.54) is 37.5 Å². The molecule has 19 heavy (non-hydrogen) atoms. The Morgan fingerprint density at radius 3 is 2.58 bits per heavy atom. The molecule has 0 saturated heterocycles. The van der Waals surface area contributed by atoms with Gasteiger partial charge >= 0.3 is 5.97 Å². The third kappa shape index (κ3) is 4.91. The number of rotatable bonds is 6. The SMILES string of the molecule is C=CC[C@H](NC(=O)Cc1ccc(F)cc1)C(=O)OC. The number of benzene rings is 1. The van der Waals surface area contributed by atoms with Crippen LogP contribution in [0.5, 0.6) is 0 Å². The van der Waals surface area contributed by atoms with Gasteiger partial charge in [-0.15, -0.1) is 6.58 Å². The Kier molecular flexibility index (Phi) is 5.73. The normalized spacial score (nSPS) is 11.5. The lowest BCUT2D eigenvalue weighted by atomic mass is 10.1. The molecule has 0 spiro atoms. The minimum Gasteiger partial charge on any atom is -0.467 e. The molecule has 1 rings (SSSR count). The van der Waals surface area contributed by atoms with Crippen LogP contribution < -0.4 is 5.32 Å². The Hall–Kier alpha value is -2.17. The summed E-state index contributed by atoms with van der Waals surface area (Å²) in [5.41, 5.74) is 0.668. The van der Waals surface area contributed by atoms with Crippen LogP contribution in [0.1, 0.15) is 12.0 Å². The van der Waals surface area contributed by atoms with E-state index in [0.29, 0.717) is 12.0 Å². The van der Waals surface area contributed by atoms with Gasteiger partial charge in [-0.05, 0) is 24.1 Å². The molecule has 4 nitrogen and oxygen atoms in total. The number of carbonyl (C=O) groups excluding carboxylic acids is 2. The number of amides is 1. The number of hydrogen-bond donors (Lipinski definition) is 1. The number of esters is 1. The van der Waals surface area contributed by atoms with Gasteiger partial charge in [0.05, 0.1) is 13.5 Å². The molecule has 0 radical (unpaired) electrons. The first-order chi connectivity index (χ1) is 9.06. The second kappa shape index (κ2) is 7.31. The van der Waals surface area contributed by atoms with Crippen LogP contribution in [-0.2, 0) is 20.7 Å². The zero-order valence-corrected chi connectivity index (χ0v) is 10.7. The quantitative estimate of drug-likeness (QED) is 0.628. The molecule has 0 unspecified atom stereocenters. The van der Waals surface area contributed by atoms with Crippen molar-refractivity contribution in [3.05, 3.63) is 48.3 Å². The molecule has 0 fully saturated rings. The fourth-order valence-corrected chi connectivity index (χ4v) is 1.56. The van der Waals surface area contributed by atoms with Crippen LogP contribution in [0.2, 0.25) is 0 Å². The van der Waals surface area contributed by atoms with Crippen molar-refractivity contribution >= 4 is 11.9 Å². The number of halogens is 1. The van der Waals surface area contributed by atoms with Crippen molar-refractivity contribution in [2.45, 2.75) is 18.9 Å². The zero-order valence-electron chi connectivity index (χ0n) is 10.7. The number of methoxy groups -OCH3 is 1. The van der Waals surface area contributed by atoms with Crippen molar-refractivity contribution in [2.24, 2.45) is 0 Å². The summed E-state index contributed by atoms with van der Waals surface area (Å²) in [7, 11) is 1.25. The lowest BCUT2D eigenvalue weighted by Gasteiger charge is -2.14. The molecule has 0 saturated carbocycles. The number of hydrogen-bond acceptors (Lipinski definition) is 3. The Labute approximate surface area is 111 Å². The van der Waals surface area contributed by atoms with Gasteiger partial charge < -0.3 is 10.1 Å². The average molecular weight is 265 g/mol. The Morgan fingerprint density at radius 1 is 1.42 bits per heavy atom. The summed E-state index contributed by atoms with van der Waals surface area (Å²) in [6.07, 6.45) is 1.90. The molecule has 0 aliphatic rings. The molecular formula is C14H16FNO3. The molecule has 0 aliphatic carbocycles. The standard InChI is InChI=1S/C14H16FNO3/c1-3-4-12(14(18)19-2)16-13(17)9-10-5-7-11(15)8-6-10/h3,5-8,12H,1,4,9H2,2H3,(H,16,17)/t12-/m0/s1. The smallest absolute Gasteiger partial charge is 0.328 e. The molecule has 0 aliphatic heterocycles. The van der Waals surface area contributed by atoms with Crippen LogP contribution in [-0.4, -0.2) is 25.0 Å². The third-order valence-corrected chi connectivity index (χ3v) is 2.50. The first-order valence-electron chi connectivity index (χ1n) is 5.79. The van der Waals surface area contributed by atoms with E-state index in [0.717, 1.165) is 0 Å². The van der Waals surface area contributed by atoms with E-state index in [1.807, 2.05) is 0 Å². The summed E-state index contributed by atoms with van der Waals surface area (Å²) >= 11 is 0. The lowest BCUT2D eigenvalue weighted by molar-refractivity contribution is -0.144. The molecule has 1 aromatic carbocycles. The van der Waals surface area contributed by atoms with E-state index in [1.54, 1.807) is 0 Å². The van der Waals surface area contributed by atoms with Crippen LogP contribution in [0.15, 0.2) is 36.9 Å². The van der Waals surface area contributed by atoms with Crippen LogP contribution in [0.4, 0.5) is 4.39 Å². The van der Waals surface area contributed by atoms with E-state index in [2.05, 4.69) is 16.6 Å². The minimum absolute atomic E-state index is 0.0743. The van der Waals surface area contributed by atoms with Gasteiger partial charge in [-0.2, -0.15) is 0 Å². The maximum atomic E-state index is 12.7. The largest absolute Gasteiger partial charge is 0.467 e. The van der Waals surface area contributed by atoms with Crippen molar-refractivity contribution < 1.29 is 18.7 Å². The van der Waals surface area contributed by atoms with Gasteiger partial charge in [0, 0.05) is 0 Å². The van der Waals surface area contributed by atoms with E-state index in [4.69, 9.17) is 0 Å². The summed E-state index contributed by atoms with van der Waals surface area (Å²) < 4.78 is 17.3. The first kappa shape index (κ1) is 14.9. The van der Waals surface area contributed by atoms with Crippen LogP contribution in [0, 0.1) is 5.82 Å². The van der Waals surface area contributed by atoms with Crippen LogP contribution in [0.3, 0.4) is 0 Å². The van der Waals surface area contributed by atoms with Crippen molar-refractivity contribution in [3.8, 4) is 0 Å². The van der Waals surface area contributed by atoms with E-state index in [9.17, 15) is 14.0 Å². The highest BCUT2D eigenvalue weighted by molar-refractivity contribution is 5.85. The molecular weight excluding hydrogens is 249 g/mol. The fraction of sp³-hybridized carbons (Fsp3) is 0.286. The molecule has 0 aromatic heterocycles. The van der Waals surface area contributed by atoms with E-state index < -0.39 is 12.0 Å². The predicted octanol–water partition coefficient (Wildman–Crippen LogP) is 1.60. The molecule has 0 heterocycles. The highest BCUT2D eigenvalue weighted by atomic mass is 19.1. The lowest BCUT2D eigenvalue weighted by Crippen LogP contribution is -2.41. The highest BCUT2D eigenvalue weighted by Crippen LogP contribution is 2.04. The Balaban J connectivity index is 2.59. The summed E-state index contributed by atoms with van der Waals surface area (Å²) in [5, 5.41) is 2.55. The van der Waals surface area contributed by atoms with E-state index >= 15 is 0 Å². The van der Waals surface area contributed by atoms with Crippen molar-refractivity contribution in [1.82, 2.24) is 5.32 Å². The maximum absolute atomic E-state index is 12.7. The monoisotopic (exact) mass is 265 g/mol. The minimum atomic E-state index is -0.740. The Morgan fingerprint density at radius 2 is 2.05 bits per heavy atom. The highest BCUT2D eigenvalue weighted by Gasteiger charge is 2.19. The summed E-state index contributed by atoms with van der Waals surface area (Å²) in [6, 6.07) is 4.87. The predicted molar refractivity (Wildman–Crippen MR) is 68.9 cm³/mol. The van der Waals surface area contributed by atoms with Crippen molar-refractivity contribution in [2.75, 3.05) is 7.11 Å². The summed E-state index contributed by atoms with van der Waals surface area (Å²) in [4.78, 5) is 23.2. The van der Waals surface area contributed by atoms with Gasteiger partial charge in [0.1, 0.15) is 11.9 Å². The average Bonchev–Trinajstić information content (AvgIpc) is 2.40. The second-order valence-corrected chi connectivity index (χ2v) is 3.97.